The molecular formula is C7H22O2Si2. The molecular weight excluding hydrogens is 172 g/mol. The fourth-order valence-corrected chi connectivity index (χ4v) is 0.289. The summed E-state index contributed by atoms with van der Waals surface area (Å²) in [7, 11) is 1.56. The molecule has 0 unspecified atom stereocenters. The fraction of sp³-hybridized carbons (Fsp3) is 1.00. The molecule has 0 aromatic carbocycles. The van der Waals surface area contributed by atoms with Crippen LogP contribution in [0.25, 0.3) is 0 Å². The zero-order valence-electron chi connectivity index (χ0n) is 8.89. The second-order valence-electron chi connectivity index (χ2n) is 4.04. The zero-order chi connectivity index (χ0) is 9.49. The SMILES string of the molecule is CO[SiH](C)OC.C[Si](C)(C)C. The van der Waals surface area contributed by atoms with E-state index in [9.17, 15) is 0 Å². The second kappa shape index (κ2) is 7.03. The van der Waals surface area contributed by atoms with Gasteiger partial charge in [0.25, 0.3) is 0 Å². The molecule has 70 valence electrons. The minimum absolute atomic E-state index is 0.611. The van der Waals surface area contributed by atoms with Crippen LogP contribution in [0.15, 0.2) is 0 Å². The standard InChI is InChI=1S/C4H12Si.C3H10O2Si/c1-5(2,3)4;1-4-6(3)5-2/h1-4H3;6H,1-3H3. The van der Waals surface area contributed by atoms with Crippen molar-refractivity contribution in [3.63, 3.8) is 0 Å². The Hall–Kier alpha value is 0.354. The van der Waals surface area contributed by atoms with Crippen LogP contribution >= 0.6 is 0 Å². The topological polar surface area (TPSA) is 18.5 Å². The maximum Gasteiger partial charge on any atom is 0.317 e. The summed E-state index contributed by atoms with van der Waals surface area (Å²) in [4.78, 5) is 0. The Morgan fingerprint density at radius 2 is 1.09 bits per heavy atom. The van der Waals surface area contributed by atoms with Crippen LogP contribution < -0.4 is 0 Å². The van der Waals surface area contributed by atoms with Crippen molar-refractivity contribution in [1.29, 1.82) is 0 Å². The Labute approximate surface area is 73.8 Å². The Morgan fingerprint density at radius 3 is 1.09 bits per heavy atom. The van der Waals surface area contributed by atoms with Gasteiger partial charge in [-0.1, -0.05) is 26.2 Å². The Morgan fingerprint density at radius 1 is 0.909 bits per heavy atom. The molecule has 0 rings (SSSR count). The molecule has 0 N–H and O–H groups in total. The van der Waals surface area contributed by atoms with Gasteiger partial charge in [0.15, 0.2) is 0 Å². The van der Waals surface area contributed by atoms with Crippen LogP contribution in [0.5, 0.6) is 0 Å². The molecule has 0 atom stereocenters. The molecule has 0 fully saturated rings. The van der Waals surface area contributed by atoms with Gasteiger partial charge in [-0.25, -0.2) is 0 Å². The van der Waals surface area contributed by atoms with Gasteiger partial charge in [0.1, 0.15) is 0 Å². The summed E-state index contributed by atoms with van der Waals surface area (Å²) < 4.78 is 9.63. The summed E-state index contributed by atoms with van der Waals surface area (Å²) in [5, 5.41) is 0. The lowest BCUT2D eigenvalue weighted by molar-refractivity contribution is 0.285. The van der Waals surface area contributed by atoms with Crippen LogP contribution in [0, 0.1) is 0 Å². The van der Waals surface area contributed by atoms with Crippen LogP contribution in [0.3, 0.4) is 0 Å². The molecule has 11 heavy (non-hydrogen) atoms. The first-order valence-electron chi connectivity index (χ1n) is 3.87. The fourth-order valence-electron chi connectivity index (χ4n) is 0.0962. The van der Waals surface area contributed by atoms with Gasteiger partial charge in [-0.05, 0) is 6.55 Å². The van der Waals surface area contributed by atoms with Crippen molar-refractivity contribution < 1.29 is 8.85 Å². The summed E-state index contributed by atoms with van der Waals surface area (Å²) in [5.74, 6) is 0. The summed E-state index contributed by atoms with van der Waals surface area (Å²) in [5.41, 5.74) is 0. The maximum atomic E-state index is 4.82. The minimum Gasteiger partial charge on any atom is -0.400 e. The van der Waals surface area contributed by atoms with Gasteiger partial charge >= 0.3 is 9.28 Å². The van der Waals surface area contributed by atoms with E-state index in [0.29, 0.717) is 0 Å². The molecule has 0 aromatic heterocycles. The van der Waals surface area contributed by atoms with Crippen LogP contribution in [0.4, 0.5) is 0 Å². The first kappa shape index (κ1) is 13.9. The lowest BCUT2D eigenvalue weighted by atomic mass is 11.8. The number of rotatable bonds is 2. The van der Waals surface area contributed by atoms with E-state index in [1.54, 1.807) is 14.2 Å². The van der Waals surface area contributed by atoms with Crippen molar-refractivity contribution in [2.75, 3.05) is 14.2 Å². The van der Waals surface area contributed by atoms with Crippen molar-refractivity contribution in [3.05, 3.63) is 0 Å². The van der Waals surface area contributed by atoms with Crippen molar-refractivity contribution in [3.8, 4) is 0 Å². The van der Waals surface area contributed by atoms with Crippen molar-refractivity contribution in [1.82, 2.24) is 0 Å². The quantitative estimate of drug-likeness (QED) is 0.627. The van der Waals surface area contributed by atoms with Crippen LogP contribution in [-0.2, 0) is 8.85 Å². The molecule has 0 aliphatic rings. The van der Waals surface area contributed by atoms with Gasteiger partial charge in [0.2, 0.25) is 0 Å². The van der Waals surface area contributed by atoms with Gasteiger partial charge in [0, 0.05) is 22.3 Å². The largest absolute Gasteiger partial charge is 0.400 e. The molecule has 0 aromatic rings. The average Bonchev–Trinajstić information content (AvgIpc) is 1.83. The second-order valence-corrected chi connectivity index (χ2v) is 12.1. The predicted octanol–water partition coefficient (Wildman–Crippen LogP) is 2.08. The molecule has 0 spiro atoms. The summed E-state index contributed by atoms with van der Waals surface area (Å²) in [6, 6.07) is 0. The Kier molecular flexibility index (Phi) is 8.89. The molecule has 0 aliphatic heterocycles. The van der Waals surface area contributed by atoms with E-state index in [0.717, 1.165) is 0 Å². The van der Waals surface area contributed by atoms with Crippen molar-refractivity contribution >= 4 is 17.4 Å². The van der Waals surface area contributed by atoms with E-state index in [1.807, 2.05) is 6.55 Å². The first-order chi connectivity index (χ1) is 4.81. The molecule has 0 saturated carbocycles. The highest BCUT2D eigenvalue weighted by molar-refractivity contribution is 6.74. The van der Waals surface area contributed by atoms with Crippen molar-refractivity contribution in [2.24, 2.45) is 0 Å². The van der Waals surface area contributed by atoms with Gasteiger partial charge in [-0.2, -0.15) is 0 Å². The molecule has 0 aliphatic carbocycles. The van der Waals surface area contributed by atoms with Gasteiger partial charge in [0.05, 0.1) is 0 Å². The third-order valence-electron chi connectivity index (χ3n) is 0.664. The van der Waals surface area contributed by atoms with E-state index in [1.165, 1.54) is 0 Å². The first-order valence-corrected chi connectivity index (χ1v) is 9.96. The molecule has 0 bridgehead atoms. The molecule has 0 amide bonds. The third-order valence-corrected chi connectivity index (χ3v) is 1.99. The summed E-state index contributed by atoms with van der Waals surface area (Å²) >= 11 is 0. The zero-order valence-corrected chi connectivity index (χ0v) is 11.0. The van der Waals surface area contributed by atoms with E-state index in [-0.39, 0.29) is 0 Å². The lowest BCUT2D eigenvalue weighted by Gasteiger charge is -2.01. The highest BCUT2D eigenvalue weighted by atomic mass is 28.3. The molecule has 0 radical (unpaired) electrons. The van der Waals surface area contributed by atoms with Crippen LogP contribution in [-0.4, -0.2) is 31.6 Å². The monoisotopic (exact) mass is 194 g/mol. The Bertz CT molecular complexity index is 71.0. The highest BCUT2D eigenvalue weighted by Gasteiger charge is 1.99. The minimum atomic E-state index is -1.16. The smallest absolute Gasteiger partial charge is 0.317 e. The molecule has 0 saturated heterocycles. The van der Waals surface area contributed by atoms with E-state index >= 15 is 0 Å². The van der Waals surface area contributed by atoms with Gasteiger partial charge in [-0.15, -0.1) is 0 Å². The number of hydrogen-bond donors (Lipinski definition) is 0. The molecule has 2 nitrogen and oxygen atoms in total. The third kappa shape index (κ3) is 38.1. The summed E-state index contributed by atoms with van der Waals surface area (Å²) in [6.07, 6.45) is 0. The van der Waals surface area contributed by atoms with Crippen LogP contribution in [0.2, 0.25) is 32.7 Å². The maximum absolute atomic E-state index is 4.82. The lowest BCUT2D eigenvalue weighted by Crippen LogP contribution is -2.12. The Balaban J connectivity index is 0. The van der Waals surface area contributed by atoms with E-state index in [2.05, 4.69) is 26.2 Å². The van der Waals surface area contributed by atoms with Gasteiger partial charge in [-0.3, -0.25) is 0 Å². The normalized spacial score (nSPS) is 10.9. The van der Waals surface area contributed by atoms with Crippen LogP contribution in [0.1, 0.15) is 0 Å². The molecule has 4 heteroatoms. The van der Waals surface area contributed by atoms with E-state index in [4.69, 9.17) is 8.85 Å². The van der Waals surface area contributed by atoms with Crippen molar-refractivity contribution in [2.45, 2.75) is 32.7 Å². The highest BCUT2D eigenvalue weighted by Crippen LogP contribution is 1.94. The molecule has 0 heterocycles. The number of hydrogen-bond acceptors (Lipinski definition) is 2. The van der Waals surface area contributed by atoms with Gasteiger partial charge < -0.3 is 8.85 Å². The summed E-state index contributed by atoms with van der Waals surface area (Å²) in [6.45, 7) is 11.3. The predicted molar refractivity (Wildman–Crippen MR) is 56.2 cm³/mol. The van der Waals surface area contributed by atoms with E-state index < -0.39 is 17.4 Å². The average molecular weight is 194 g/mol.